The highest BCUT2D eigenvalue weighted by atomic mass is 35.5. The SMILES string of the molecule is NNC(Cc1ccc2c(c1)CCC2)c1cccc(Cl)c1F. The number of hydrogen-bond acceptors (Lipinski definition) is 2. The summed E-state index contributed by atoms with van der Waals surface area (Å²) in [5, 5.41) is 0.127. The Bertz CT molecular complexity index is 657. The van der Waals surface area contributed by atoms with E-state index in [2.05, 4.69) is 23.6 Å². The molecule has 3 rings (SSSR count). The van der Waals surface area contributed by atoms with Crippen LogP contribution in [-0.2, 0) is 19.3 Å². The van der Waals surface area contributed by atoms with Crippen molar-refractivity contribution in [2.75, 3.05) is 0 Å². The Labute approximate surface area is 129 Å². The van der Waals surface area contributed by atoms with Crippen molar-refractivity contribution < 1.29 is 4.39 Å². The van der Waals surface area contributed by atoms with E-state index in [0.29, 0.717) is 12.0 Å². The average molecular weight is 305 g/mol. The second-order valence-electron chi connectivity index (χ2n) is 5.52. The van der Waals surface area contributed by atoms with Crippen molar-refractivity contribution in [1.82, 2.24) is 5.43 Å². The minimum atomic E-state index is -0.400. The summed E-state index contributed by atoms with van der Waals surface area (Å²) in [7, 11) is 0. The monoisotopic (exact) mass is 304 g/mol. The number of nitrogens with one attached hydrogen (secondary N) is 1. The zero-order valence-corrected chi connectivity index (χ0v) is 12.5. The molecule has 1 aliphatic carbocycles. The molecule has 2 aromatic rings. The van der Waals surface area contributed by atoms with Gasteiger partial charge in [0.25, 0.3) is 0 Å². The fourth-order valence-corrected chi connectivity index (χ4v) is 3.22. The van der Waals surface area contributed by atoms with E-state index in [4.69, 9.17) is 17.4 Å². The second-order valence-corrected chi connectivity index (χ2v) is 5.93. The van der Waals surface area contributed by atoms with Gasteiger partial charge in [-0.25, -0.2) is 4.39 Å². The van der Waals surface area contributed by atoms with Crippen LogP contribution in [0.1, 0.15) is 34.7 Å². The summed E-state index contributed by atoms with van der Waals surface area (Å²) in [6.07, 6.45) is 4.16. The predicted molar refractivity (Wildman–Crippen MR) is 83.6 cm³/mol. The number of hydrogen-bond donors (Lipinski definition) is 2. The lowest BCUT2D eigenvalue weighted by atomic mass is 9.96. The van der Waals surface area contributed by atoms with Crippen molar-refractivity contribution in [3.05, 3.63) is 69.5 Å². The first-order valence-electron chi connectivity index (χ1n) is 7.19. The van der Waals surface area contributed by atoms with Gasteiger partial charge in [0.2, 0.25) is 0 Å². The molecule has 2 aromatic carbocycles. The Morgan fingerprint density at radius 3 is 2.81 bits per heavy atom. The molecule has 0 spiro atoms. The molecular formula is C17H18ClFN2. The highest BCUT2D eigenvalue weighted by molar-refractivity contribution is 6.30. The van der Waals surface area contributed by atoms with Gasteiger partial charge in [0, 0.05) is 5.56 Å². The first-order valence-corrected chi connectivity index (χ1v) is 7.57. The van der Waals surface area contributed by atoms with Crippen LogP contribution in [0.3, 0.4) is 0 Å². The van der Waals surface area contributed by atoms with Crippen molar-refractivity contribution in [2.45, 2.75) is 31.7 Å². The van der Waals surface area contributed by atoms with E-state index in [1.54, 1.807) is 18.2 Å². The summed E-state index contributed by atoms with van der Waals surface area (Å²) < 4.78 is 14.1. The lowest BCUT2D eigenvalue weighted by molar-refractivity contribution is 0.510. The third-order valence-electron chi connectivity index (χ3n) is 4.16. The molecule has 110 valence electrons. The van der Waals surface area contributed by atoms with Gasteiger partial charge in [-0.1, -0.05) is 41.9 Å². The highest BCUT2D eigenvalue weighted by Gasteiger charge is 2.18. The zero-order valence-electron chi connectivity index (χ0n) is 11.7. The topological polar surface area (TPSA) is 38.0 Å². The van der Waals surface area contributed by atoms with Gasteiger partial charge >= 0.3 is 0 Å². The Hall–Kier alpha value is -1.42. The summed E-state index contributed by atoms with van der Waals surface area (Å²) in [5.74, 6) is 5.22. The lowest BCUT2D eigenvalue weighted by Crippen LogP contribution is -2.30. The van der Waals surface area contributed by atoms with Crippen LogP contribution in [0.5, 0.6) is 0 Å². The van der Waals surface area contributed by atoms with Crippen molar-refractivity contribution in [2.24, 2.45) is 5.84 Å². The van der Waals surface area contributed by atoms with Crippen molar-refractivity contribution in [3.63, 3.8) is 0 Å². The van der Waals surface area contributed by atoms with Gasteiger partial charge in [0.05, 0.1) is 11.1 Å². The number of nitrogens with two attached hydrogens (primary N) is 1. The Morgan fingerprint density at radius 2 is 2.00 bits per heavy atom. The summed E-state index contributed by atoms with van der Waals surface area (Å²) in [5.41, 5.74) is 7.22. The Kier molecular flexibility index (Phi) is 4.24. The van der Waals surface area contributed by atoms with Crippen molar-refractivity contribution >= 4 is 11.6 Å². The van der Waals surface area contributed by atoms with Crippen LogP contribution < -0.4 is 11.3 Å². The smallest absolute Gasteiger partial charge is 0.146 e. The van der Waals surface area contributed by atoms with Crippen molar-refractivity contribution in [1.29, 1.82) is 0 Å². The first-order chi connectivity index (χ1) is 10.2. The molecule has 4 heteroatoms. The largest absolute Gasteiger partial charge is 0.271 e. The molecule has 0 radical (unpaired) electrons. The molecule has 0 aliphatic heterocycles. The van der Waals surface area contributed by atoms with E-state index in [1.807, 2.05) is 0 Å². The molecule has 0 amide bonds. The maximum absolute atomic E-state index is 14.1. The number of hydrazine groups is 1. The quantitative estimate of drug-likeness (QED) is 0.667. The van der Waals surface area contributed by atoms with E-state index < -0.39 is 5.82 Å². The molecule has 3 N–H and O–H groups in total. The second kappa shape index (κ2) is 6.14. The van der Waals surface area contributed by atoms with Crippen LogP contribution in [-0.4, -0.2) is 0 Å². The zero-order chi connectivity index (χ0) is 14.8. The first kappa shape index (κ1) is 14.5. The molecule has 1 aliphatic rings. The standard InChI is InChI=1S/C17H18ClFN2/c18-15-6-2-5-14(17(15)19)16(21-20)10-11-7-8-12-3-1-4-13(12)9-11/h2,5-9,16,21H,1,3-4,10,20H2. The molecule has 0 bridgehead atoms. The maximum atomic E-state index is 14.1. The van der Waals surface area contributed by atoms with Gasteiger partial charge in [-0.05, 0) is 48.4 Å². The summed E-state index contributed by atoms with van der Waals surface area (Å²) in [4.78, 5) is 0. The van der Waals surface area contributed by atoms with E-state index >= 15 is 0 Å². The third-order valence-corrected chi connectivity index (χ3v) is 4.45. The average Bonchev–Trinajstić information content (AvgIpc) is 2.95. The molecular weight excluding hydrogens is 287 g/mol. The van der Waals surface area contributed by atoms with E-state index in [-0.39, 0.29) is 11.1 Å². The molecule has 0 aromatic heterocycles. The molecule has 0 heterocycles. The Morgan fingerprint density at radius 1 is 1.19 bits per heavy atom. The van der Waals surface area contributed by atoms with Gasteiger partial charge in [-0.2, -0.15) is 0 Å². The van der Waals surface area contributed by atoms with E-state index in [9.17, 15) is 4.39 Å². The number of aryl methyl sites for hydroxylation is 2. The summed E-state index contributed by atoms with van der Waals surface area (Å²) >= 11 is 5.85. The number of fused-ring (bicyclic) bond motifs is 1. The highest BCUT2D eigenvalue weighted by Crippen LogP contribution is 2.28. The minimum Gasteiger partial charge on any atom is -0.271 e. The fraction of sp³-hybridized carbons (Fsp3) is 0.294. The van der Waals surface area contributed by atoms with Gasteiger partial charge in [-0.3, -0.25) is 11.3 Å². The van der Waals surface area contributed by atoms with E-state index in [1.165, 1.54) is 17.5 Å². The normalized spacial score (nSPS) is 15.0. The molecule has 21 heavy (non-hydrogen) atoms. The third kappa shape index (κ3) is 2.95. The number of halogens is 2. The van der Waals surface area contributed by atoms with Gasteiger partial charge in [-0.15, -0.1) is 0 Å². The van der Waals surface area contributed by atoms with Gasteiger partial charge < -0.3 is 0 Å². The van der Waals surface area contributed by atoms with Crippen LogP contribution in [0.15, 0.2) is 36.4 Å². The fourth-order valence-electron chi connectivity index (χ4n) is 3.04. The van der Waals surface area contributed by atoms with Gasteiger partial charge in [0.1, 0.15) is 5.82 Å². The van der Waals surface area contributed by atoms with Crippen LogP contribution >= 0.6 is 11.6 Å². The number of benzene rings is 2. The molecule has 2 nitrogen and oxygen atoms in total. The summed E-state index contributed by atoms with van der Waals surface area (Å²) in [6, 6.07) is 11.2. The van der Waals surface area contributed by atoms with E-state index in [0.717, 1.165) is 18.4 Å². The molecule has 0 fully saturated rings. The van der Waals surface area contributed by atoms with Gasteiger partial charge in [0.15, 0.2) is 0 Å². The minimum absolute atomic E-state index is 0.127. The Balaban J connectivity index is 1.86. The van der Waals surface area contributed by atoms with Crippen LogP contribution in [0.4, 0.5) is 4.39 Å². The molecule has 1 unspecified atom stereocenters. The molecule has 1 atom stereocenters. The summed E-state index contributed by atoms with van der Waals surface area (Å²) in [6.45, 7) is 0. The number of rotatable bonds is 4. The van der Waals surface area contributed by atoms with Crippen molar-refractivity contribution in [3.8, 4) is 0 Å². The molecule has 0 saturated heterocycles. The maximum Gasteiger partial charge on any atom is 0.146 e. The van der Waals surface area contributed by atoms with Crippen LogP contribution in [0.25, 0.3) is 0 Å². The van der Waals surface area contributed by atoms with Crippen LogP contribution in [0.2, 0.25) is 5.02 Å². The molecule has 0 saturated carbocycles. The van der Waals surface area contributed by atoms with Crippen LogP contribution in [0, 0.1) is 5.82 Å². The predicted octanol–water partition coefficient (Wildman–Crippen LogP) is 3.71. The lowest BCUT2D eigenvalue weighted by Gasteiger charge is -2.18.